The van der Waals surface area contributed by atoms with Crippen LogP contribution in [0.3, 0.4) is 0 Å². The molecule has 0 aliphatic heterocycles. The molecule has 460 valence electrons. The lowest BCUT2D eigenvalue weighted by molar-refractivity contribution is 0.666. The van der Waals surface area contributed by atoms with Crippen LogP contribution in [0.15, 0.2) is 340 Å². The van der Waals surface area contributed by atoms with Gasteiger partial charge in [0, 0.05) is 91.4 Å². The summed E-state index contributed by atoms with van der Waals surface area (Å²) in [6.07, 6.45) is 0. The zero-order valence-corrected chi connectivity index (χ0v) is 54.8. The SMILES string of the molecule is CC1(C)c2ccccc2-c2ccc3c(c21)c1ccccc1n3-c1ccc(-c2ccc(-c3cccc4c3sc3ccccc34)cc2)cc1.c1ccc(-n2c3ccccc3c3cc(-c4ccc(-n5c6ccccc6c6c5ccc5c7ccccc7n(-c7ccccc7)c56)cc4)ccc32)cc1. The molecular weight excluding hydrogens is 1210 g/mol. The van der Waals surface area contributed by atoms with Crippen molar-refractivity contribution in [3.8, 4) is 67.3 Å². The van der Waals surface area contributed by atoms with Gasteiger partial charge in [0.1, 0.15) is 0 Å². The van der Waals surface area contributed by atoms with E-state index in [0.29, 0.717) is 0 Å². The Balaban J connectivity index is 0.000000133. The third kappa shape index (κ3) is 8.43. The van der Waals surface area contributed by atoms with Crippen LogP contribution >= 0.6 is 11.3 Å². The molecular formula is C93H62N4S. The summed E-state index contributed by atoms with van der Waals surface area (Å²) in [5.41, 5.74) is 27.4. The minimum Gasteiger partial charge on any atom is -0.309 e. The van der Waals surface area contributed by atoms with Gasteiger partial charge in [-0.05, 0) is 159 Å². The molecule has 15 aromatic carbocycles. The maximum absolute atomic E-state index is 2.45. The molecule has 0 spiro atoms. The van der Waals surface area contributed by atoms with Crippen molar-refractivity contribution in [2.24, 2.45) is 0 Å². The van der Waals surface area contributed by atoms with E-state index in [1.54, 1.807) is 0 Å². The van der Waals surface area contributed by atoms with E-state index in [1.165, 1.54) is 180 Å². The third-order valence-electron chi connectivity index (χ3n) is 21.0. The van der Waals surface area contributed by atoms with Crippen LogP contribution in [0.1, 0.15) is 25.0 Å². The molecule has 21 rings (SSSR count). The van der Waals surface area contributed by atoms with Gasteiger partial charge in [0.05, 0.1) is 44.1 Å². The standard InChI is InChI=1S/C48H31N3.C45H31NS/c1-3-13-34(14-4-1)49-42-20-10-8-18-38(42)41-31-33(25-29-45(41)49)32-23-26-36(27-24-32)50-44-22-12-9-19-40(44)47-46(50)30-28-39-37-17-7-11-21-43(37)51(48(39)47)35-15-5-2-6-16-35;1-45(2)38-15-6-3-10-33(38)35-26-27-40-42(43(35)45)37-12-4-7-16-39(37)46(40)31-24-22-29(23-25-31)28-18-20-30(21-19-28)32-13-9-14-36-34-11-5-8-17-41(34)47-44(32)36/h1-31H;3-27H,1-2H3. The second-order valence-electron chi connectivity index (χ2n) is 26.7. The van der Waals surface area contributed by atoms with Gasteiger partial charge in [-0.1, -0.05) is 250 Å². The van der Waals surface area contributed by atoms with Crippen molar-refractivity contribution in [3.05, 3.63) is 351 Å². The van der Waals surface area contributed by atoms with Gasteiger partial charge in [-0.25, -0.2) is 0 Å². The average molecular weight is 1270 g/mol. The monoisotopic (exact) mass is 1270 g/mol. The van der Waals surface area contributed by atoms with Gasteiger partial charge in [0.15, 0.2) is 0 Å². The molecule has 0 saturated carbocycles. The largest absolute Gasteiger partial charge is 0.309 e. The number of rotatable bonds is 7. The Labute approximate surface area is 570 Å². The highest BCUT2D eigenvalue weighted by Gasteiger charge is 2.38. The Morgan fingerprint density at radius 3 is 1.33 bits per heavy atom. The van der Waals surface area contributed by atoms with Crippen LogP contribution in [0.2, 0.25) is 0 Å². The number of hydrogen-bond donors (Lipinski definition) is 0. The molecule has 5 heterocycles. The van der Waals surface area contributed by atoms with Crippen molar-refractivity contribution in [3.63, 3.8) is 0 Å². The van der Waals surface area contributed by atoms with Gasteiger partial charge in [-0.2, -0.15) is 0 Å². The van der Waals surface area contributed by atoms with E-state index in [0.717, 1.165) is 5.69 Å². The predicted octanol–water partition coefficient (Wildman–Crippen LogP) is 25.4. The van der Waals surface area contributed by atoms with Gasteiger partial charge in [0.2, 0.25) is 0 Å². The summed E-state index contributed by atoms with van der Waals surface area (Å²) in [7, 11) is 0. The van der Waals surface area contributed by atoms with Crippen molar-refractivity contribution in [2.75, 3.05) is 0 Å². The summed E-state index contributed by atoms with van der Waals surface area (Å²) < 4.78 is 12.4. The van der Waals surface area contributed by atoms with Gasteiger partial charge in [0.25, 0.3) is 0 Å². The molecule has 0 unspecified atom stereocenters. The molecule has 1 aliphatic carbocycles. The Bertz CT molecular complexity index is 6590. The van der Waals surface area contributed by atoms with Crippen molar-refractivity contribution < 1.29 is 0 Å². The molecule has 0 fully saturated rings. The van der Waals surface area contributed by atoms with E-state index in [4.69, 9.17) is 0 Å². The van der Waals surface area contributed by atoms with Crippen molar-refractivity contribution in [1.82, 2.24) is 18.3 Å². The first-order valence-electron chi connectivity index (χ1n) is 33.9. The maximum Gasteiger partial charge on any atom is 0.0641 e. The molecule has 0 radical (unpaired) electrons. The van der Waals surface area contributed by atoms with E-state index in [2.05, 4.69) is 372 Å². The maximum atomic E-state index is 2.45. The highest BCUT2D eigenvalue weighted by Crippen LogP contribution is 2.54. The van der Waals surface area contributed by atoms with Gasteiger partial charge in [-0.15, -0.1) is 11.3 Å². The Hall–Kier alpha value is -12.3. The van der Waals surface area contributed by atoms with Crippen LogP contribution in [0.4, 0.5) is 0 Å². The fraction of sp³-hybridized carbons (Fsp3) is 0.0323. The van der Waals surface area contributed by atoms with E-state index < -0.39 is 0 Å². The summed E-state index contributed by atoms with van der Waals surface area (Å²) in [5.74, 6) is 0. The number of benzene rings is 15. The fourth-order valence-electron chi connectivity index (χ4n) is 16.7. The highest BCUT2D eigenvalue weighted by molar-refractivity contribution is 7.26. The van der Waals surface area contributed by atoms with E-state index in [1.807, 2.05) is 11.3 Å². The van der Waals surface area contributed by atoms with Gasteiger partial charge in [-0.3, -0.25) is 0 Å². The lowest BCUT2D eigenvalue weighted by Crippen LogP contribution is -2.15. The first-order valence-corrected chi connectivity index (χ1v) is 34.7. The van der Waals surface area contributed by atoms with Crippen LogP contribution in [0.5, 0.6) is 0 Å². The molecule has 98 heavy (non-hydrogen) atoms. The Kier molecular flexibility index (Phi) is 12.5. The molecule has 0 N–H and O–H groups in total. The molecule has 0 amide bonds. The fourth-order valence-corrected chi connectivity index (χ4v) is 17.9. The number of aromatic nitrogens is 4. The molecule has 5 aromatic heterocycles. The van der Waals surface area contributed by atoms with E-state index in [9.17, 15) is 0 Å². The molecule has 1 aliphatic rings. The van der Waals surface area contributed by atoms with Crippen LogP contribution in [-0.4, -0.2) is 18.3 Å². The zero-order chi connectivity index (χ0) is 64.7. The quantitative estimate of drug-likeness (QED) is 0.152. The number of hydrogen-bond acceptors (Lipinski definition) is 1. The molecule has 0 bridgehead atoms. The summed E-state index contributed by atoms with van der Waals surface area (Å²) in [6.45, 7) is 4.76. The summed E-state index contributed by atoms with van der Waals surface area (Å²) in [6, 6.07) is 124. The average Bonchev–Trinajstić information content (AvgIpc) is 1.55. The Morgan fingerprint density at radius 1 is 0.245 bits per heavy atom. The second kappa shape index (κ2) is 21.9. The van der Waals surface area contributed by atoms with Crippen LogP contribution in [0.25, 0.3) is 175 Å². The van der Waals surface area contributed by atoms with E-state index >= 15 is 0 Å². The predicted molar refractivity (Wildman–Crippen MR) is 417 cm³/mol. The molecule has 0 saturated heterocycles. The van der Waals surface area contributed by atoms with Crippen LogP contribution in [0, 0.1) is 0 Å². The lowest BCUT2D eigenvalue weighted by Gasteiger charge is -2.22. The summed E-state index contributed by atoms with van der Waals surface area (Å²) in [4.78, 5) is 0. The summed E-state index contributed by atoms with van der Waals surface area (Å²) in [5, 5.41) is 12.9. The number of thiophene rings is 1. The minimum atomic E-state index is -0.0705. The molecule has 0 atom stereocenters. The van der Waals surface area contributed by atoms with Crippen LogP contribution < -0.4 is 0 Å². The number of fused-ring (bicyclic) bond motifs is 20. The van der Waals surface area contributed by atoms with E-state index in [-0.39, 0.29) is 5.41 Å². The smallest absolute Gasteiger partial charge is 0.0641 e. The first-order chi connectivity index (χ1) is 48.4. The lowest BCUT2D eigenvalue weighted by atomic mass is 9.80. The number of nitrogens with zero attached hydrogens (tertiary/aromatic N) is 4. The van der Waals surface area contributed by atoms with Gasteiger partial charge >= 0.3 is 0 Å². The Morgan fingerprint density at radius 2 is 0.663 bits per heavy atom. The second-order valence-corrected chi connectivity index (χ2v) is 27.7. The molecule has 4 nitrogen and oxygen atoms in total. The molecule has 20 aromatic rings. The number of para-hydroxylation sites is 6. The van der Waals surface area contributed by atoms with Gasteiger partial charge < -0.3 is 18.3 Å². The van der Waals surface area contributed by atoms with Crippen molar-refractivity contribution >= 4 is 119 Å². The zero-order valence-electron chi connectivity index (χ0n) is 54.0. The van der Waals surface area contributed by atoms with Crippen molar-refractivity contribution in [1.29, 1.82) is 0 Å². The normalized spacial score (nSPS) is 12.7. The van der Waals surface area contributed by atoms with Crippen molar-refractivity contribution in [2.45, 2.75) is 19.3 Å². The first kappa shape index (κ1) is 56.1. The third-order valence-corrected chi connectivity index (χ3v) is 22.3. The highest BCUT2D eigenvalue weighted by atomic mass is 32.1. The minimum absolute atomic E-state index is 0.0705. The molecule has 5 heteroatoms. The topological polar surface area (TPSA) is 19.7 Å². The van der Waals surface area contributed by atoms with Crippen LogP contribution in [-0.2, 0) is 5.41 Å². The summed E-state index contributed by atoms with van der Waals surface area (Å²) >= 11 is 1.89.